The Morgan fingerprint density at radius 2 is 0.889 bits per heavy atom. The molecule has 0 saturated heterocycles. The summed E-state index contributed by atoms with van der Waals surface area (Å²) in [4.78, 5) is 0. The lowest BCUT2D eigenvalue weighted by molar-refractivity contribution is 1.18. The van der Waals surface area contributed by atoms with Crippen LogP contribution in [0.5, 0.6) is 0 Å². The first-order valence-electron chi connectivity index (χ1n) is 15.6. The Balaban J connectivity index is 1.08. The molecule has 45 heavy (non-hydrogen) atoms. The Kier molecular flexibility index (Phi) is 5.06. The molecule has 208 valence electrons. The fourth-order valence-corrected chi connectivity index (χ4v) is 7.66. The lowest BCUT2D eigenvalue weighted by atomic mass is 9.92. The fraction of sp³-hybridized carbons (Fsp3) is 0. The predicted octanol–water partition coefficient (Wildman–Crippen LogP) is 12.1. The third kappa shape index (κ3) is 3.56. The molecule has 0 aliphatic heterocycles. The smallest absolute Gasteiger partial charge is 0.0541 e. The van der Waals surface area contributed by atoms with Gasteiger partial charge in [0.25, 0.3) is 0 Å². The highest BCUT2D eigenvalue weighted by Gasteiger charge is 2.22. The lowest BCUT2D eigenvalue weighted by Crippen LogP contribution is -1.92. The summed E-state index contributed by atoms with van der Waals surface area (Å²) in [6, 6.07) is 60.2. The Morgan fingerprint density at radius 3 is 1.73 bits per heavy atom. The third-order valence-electron chi connectivity index (χ3n) is 9.72. The quantitative estimate of drug-likeness (QED) is 0.199. The minimum Gasteiger partial charge on any atom is -0.309 e. The predicted molar refractivity (Wildman–Crippen MR) is 191 cm³/mol. The van der Waals surface area contributed by atoms with Gasteiger partial charge in [0.15, 0.2) is 0 Å². The largest absolute Gasteiger partial charge is 0.309 e. The van der Waals surface area contributed by atoms with Crippen molar-refractivity contribution in [3.05, 3.63) is 164 Å². The SMILES string of the molecule is c1ccc(-n2c3ccccc3c3cc(-c4ccc5cc(-c6ccc7c8c(cccc68)-c6ccccc6-7)ccc5c4)ccc32)cc1. The standard InChI is InChI=1S/C44H27N/c1-2-9-33(10-3-1)45-42-16-7-6-13-37(42)41-27-31(21-24-43(41)45)29-17-18-30-26-32(20-19-28(30)25-29)34-22-23-40-36-12-5-4-11-35(36)39-15-8-14-38(34)44(39)40/h1-27H. The van der Waals surface area contributed by atoms with Crippen LogP contribution in [0.15, 0.2) is 164 Å². The number of aromatic nitrogens is 1. The fourth-order valence-electron chi connectivity index (χ4n) is 7.66. The van der Waals surface area contributed by atoms with Crippen molar-refractivity contribution in [1.29, 1.82) is 0 Å². The van der Waals surface area contributed by atoms with Gasteiger partial charge in [-0.2, -0.15) is 0 Å². The molecule has 0 amide bonds. The number of fused-ring (bicyclic) bond motifs is 7. The van der Waals surface area contributed by atoms with Crippen molar-refractivity contribution in [1.82, 2.24) is 4.57 Å². The van der Waals surface area contributed by atoms with Gasteiger partial charge in [0.05, 0.1) is 11.0 Å². The van der Waals surface area contributed by atoms with Gasteiger partial charge in [-0.05, 0) is 109 Å². The van der Waals surface area contributed by atoms with E-state index in [0.717, 1.165) is 0 Å². The van der Waals surface area contributed by atoms with Crippen molar-refractivity contribution >= 4 is 43.4 Å². The van der Waals surface area contributed by atoms with Crippen molar-refractivity contribution in [3.63, 3.8) is 0 Å². The van der Waals surface area contributed by atoms with Gasteiger partial charge in [0.1, 0.15) is 0 Å². The van der Waals surface area contributed by atoms with Crippen molar-refractivity contribution in [2.45, 2.75) is 0 Å². The molecule has 0 saturated carbocycles. The molecule has 1 heteroatoms. The van der Waals surface area contributed by atoms with E-state index in [1.54, 1.807) is 0 Å². The zero-order valence-corrected chi connectivity index (χ0v) is 24.5. The second kappa shape index (κ2) is 9.29. The maximum absolute atomic E-state index is 2.37. The van der Waals surface area contributed by atoms with Gasteiger partial charge in [0, 0.05) is 16.5 Å². The van der Waals surface area contributed by atoms with Crippen LogP contribution in [0.25, 0.3) is 93.5 Å². The molecule has 0 N–H and O–H groups in total. The van der Waals surface area contributed by atoms with E-state index >= 15 is 0 Å². The average Bonchev–Trinajstić information content (AvgIpc) is 3.62. The maximum Gasteiger partial charge on any atom is 0.0541 e. The molecule has 9 aromatic rings. The molecule has 0 radical (unpaired) electrons. The van der Waals surface area contributed by atoms with Crippen LogP contribution in [-0.2, 0) is 0 Å². The van der Waals surface area contributed by atoms with Crippen molar-refractivity contribution in [3.8, 4) is 50.2 Å². The molecule has 0 unspecified atom stereocenters. The zero-order valence-electron chi connectivity index (χ0n) is 24.5. The first-order chi connectivity index (χ1) is 22.3. The number of para-hydroxylation sites is 2. The summed E-state index contributed by atoms with van der Waals surface area (Å²) in [5.74, 6) is 0. The van der Waals surface area contributed by atoms with E-state index in [2.05, 4.69) is 168 Å². The van der Waals surface area contributed by atoms with Crippen LogP contribution in [0, 0.1) is 0 Å². The van der Waals surface area contributed by atoms with E-state index in [4.69, 9.17) is 0 Å². The Bertz CT molecular complexity index is 2610. The van der Waals surface area contributed by atoms with Crippen LogP contribution in [0.1, 0.15) is 0 Å². The molecule has 0 fully saturated rings. The lowest BCUT2D eigenvalue weighted by Gasteiger charge is -2.11. The van der Waals surface area contributed by atoms with Crippen LogP contribution in [0.3, 0.4) is 0 Å². The van der Waals surface area contributed by atoms with Gasteiger partial charge < -0.3 is 4.57 Å². The van der Waals surface area contributed by atoms with Crippen LogP contribution >= 0.6 is 0 Å². The highest BCUT2D eigenvalue weighted by molar-refractivity contribution is 6.19. The Morgan fingerprint density at radius 1 is 0.311 bits per heavy atom. The summed E-state index contributed by atoms with van der Waals surface area (Å²) in [6.45, 7) is 0. The van der Waals surface area contributed by atoms with Crippen molar-refractivity contribution in [2.24, 2.45) is 0 Å². The van der Waals surface area contributed by atoms with E-state index in [1.165, 1.54) is 93.5 Å². The first kappa shape index (κ1) is 24.5. The van der Waals surface area contributed by atoms with E-state index in [0.29, 0.717) is 0 Å². The van der Waals surface area contributed by atoms with Gasteiger partial charge in [-0.25, -0.2) is 0 Å². The van der Waals surface area contributed by atoms with Crippen LogP contribution in [0.4, 0.5) is 0 Å². The van der Waals surface area contributed by atoms with Crippen LogP contribution < -0.4 is 0 Å². The number of rotatable bonds is 3. The molecule has 0 spiro atoms. The van der Waals surface area contributed by atoms with Crippen LogP contribution in [0.2, 0.25) is 0 Å². The molecular weight excluding hydrogens is 542 g/mol. The number of hydrogen-bond donors (Lipinski definition) is 0. The minimum absolute atomic E-state index is 1.18. The number of hydrogen-bond acceptors (Lipinski definition) is 0. The van der Waals surface area contributed by atoms with Crippen LogP contribution in [-0.4, -0.2) is 4.57 Å². The van der Waals surface area contributed by atoms with Gasteiger partial charge in [-0.1, -0.05) is 121 Å². The summed E-state index contributed by atoms with van der Waals surface area (Å²) >= 11 is 0. The summed E-state index contributed by atoms with van der Waals surface area (Å²) in [7, 11) is 0. The molecular formula is C44H27N. The molecule has 1 heterocycles. The second-order valence-corrected chi connectivity index (χ2v) is 12.1. The van der Waals surface area contributed by atoms with E-state index in [-0.39, 0.29) is 0 Å². The second-order valence-electron chi connectivity index (χ2n) is 12.1. The van der Waals surface area contributed by atoms with Gasteiger partial charge >= 0.3 is 0 Å². The highest BCUT2D eigenvalue weighted by Crippen LogP contribution is 2.49. The topological polar surface area (TPSA) is 4.93 Å². The molecule has 8 aromatic carbocycles. The molecule has 1 aromatic heterocycles. The summed E-state index contributed by atoms with van der Waals surface area (Å²) in [5, 5.41) is 7.75. The molecule has 1 aliphatic rings. The summed E-state index contributed by atoms with van der Waals surface area (Å²) in [5.41, 5.74) is 14.0. The number of nitrogens with zero attached hydrogens (tertiary/aromatic N) is 1. The van der Waals surface area contributed by atoms with Gasteiger partial charge in [-0.3, -0.25) is 0 Å². The Labute approximate surface area is 261 Å². The zero-order chi connectivity index (χ0) is 29.5. The van der Waals surface area contributed by atoms with Crippen molar-refractivity contribution in [2.75, 3.05) is 0 Å². The molecule has 1 aliphatic carbocycles. The van der Waals surface area contributed by atoms with Crippen molar-refractivity contribution < 1.29 is 0 Å². The molecule has 10 rings (SSSR count). The monoisotopic (exact) mass is 569 g/mol. The third-order valence-corrected chi connectivity index (χ3v) is 9.72. The maximum atomic E-state index is 2.37. The summed E-state index contributed by atoms with van der Waals surface area (Å²) in [6.07, 6.45) is 0. The molecule has 0 bridgehead atoms. The van der Waals surface area contributed by atoms with Gasteiger partial charge in [-0.15, -0.1) is 0 Å². The normalized spacial score (nSPS) is 12.0. The Hall–Kier alpha value is -5.92. The minimum atomic E-state index is 1.18. The van der Waals surface area contributed by atoms with E-state index in [9.17, 15) is 0 Å². The molecule has 1 nitrogen and oxygen atoms in total. The molecule has 0 atom stereocenters. The summed E-state index contributed by atoms with van der Waals surface area (Å²) < 4.78 is 2.37. The van der Waals surface area contributed by atoms with Gasteiger partial charge in [0.2, 0.25) is 0 Å². The highest BCUT2D eigenvalue weighted by atomic mass is 15.0. The van der Waals surface area contributed by atoms with E-state index in [1.807, 2.05) is 0 Å². The first-order valence-corrected chi connectivity index (χ1v) is 15.6. The van der Waals surface area contributed by atoms with E-state index < -0.39 is 0 Å². The average molecular weight is 570 g/mol. The number of benzene rings is 8.